The van der Waals surface area contributed by atoms with E-state index in [1.165, 1.54) is 0 Å². The number of hydrogen-bond acceptors (Lipinski definition) is 4. The van der Waals surface area contributed by atoms with Gasteiger partial charge in [-0.25, -0.2) is 4.79 Å². The van der Waals surface area contributed by atoms with E-state index < -0.39 is 12.0 Å². The molecule has 2 amide bonds. The molecule has 1 aliphatic rings. The number of carbonyl (C=O) groups excluding carboxylic acids is 2. The molecule has 120 valence electrons. The molecule has 2 N–H and O–H groups in total. The van der Waals surface area contributed by atoms with Gasteiger partial charge >= 0.3 is 18.0 Å². The first-order valence-electron chi connectivity index (χ1n) is 7.41. The second kappa shape index (κ2) is 8.49. The number of ether oxygens (including phenoxy) is 1. The zero-order chi connectivity index (χ0) is 15.8. The molecule has 2 unspecified atom stereocenters. The van der Waals surface area contributed by atoms with Crippen LogP contribution >= 0.6 is 0 Å². The maximum Gasteiger partial charge on any atom is 0.317 e. The van der Waals surface area contributed by atoms with Crippen LogP contribution in [-0.4, -0.2) is 53.7 Å². The van der Waals surface area contributed by atoms with Crippen LogP contribution in [0, 0.1) is 5.92 Å². The lowest BCUT2D eigenvalue weighted by Gasteiger charge is -2.32. The predicted octanol–water partition coefficient (Wildman–Crippen LogP) is 1.22. The molecule has 1 heterocycles. The number of aliphatic carboxylic acids is 1. The van der Waals surface area contributed by atoms with Crippen molar-refractivity contribution >= 4 is 18.0 Å². The third kappa shape index (κ3) is 5.61. The zero-order valence-electron chi connectivity index (χ0n) is 12.6. The smallest absolute Gasteiger partial charge is 0.317 e. The van der Waals surface area contributed by atoms with E-state index in [0.717, 1.165) is 12.8 Å². The number of urea groups is 1. The molecule has 1 rings (SSSR count). The SMILES string of the molecule is CCOC(=O)C1CCCN(C(=O)NC(CC)CC(=O)O)C1. The predicted molar refractivity (Wildman–Crippen MR) is 75.8 cm³/mol. The van der Waals surface area contributed by atoms with Gasteiger partial charge in [0, 0.05) is 19.1 Å². The molecule has 7 heteroatoms. The van der Waals surface area contributed by atoms with Crippen LogP contribution < -0.4 is 5.32 Å². The minimum absolute atomic E-state index is 0.0998. The maximum absolute atomic E-state index is 12.1. The van der Waals surface area contributed by atoms with Gasteiger partial charge in [0.1, 0.15) is 0 Å². The summed E-state index contributed by atoms with van der Waals surface area (Å²) < 4.78 is 4.99. The standard InChI is InChI=1S/C14H24N2O5/c1-3-11(8-12(17)18)15-14(20)16-7-5-6-10(9-16)13(19)21-4-2/h10-11H,3-9H2,1-2H3,(H,15,20)(H,17,18). The summed E-state index contributed by atoms with van der Waals surface area (Å²) in [7, 11) is 0. The molecule has 2 atom stereocenters. The van der Waals surface area contributed by atoms with Gasteiger partial charge in [0.25, 0.3) is 0 Å². The van der Waals surface area contributed by atoms with Crippen LogP contribution in [0.4, 0.5) is 4.79 Å². The Balaban J connectivity index is 2.53. The Hall–Kier alpha value is -1.79. The van der Waals surface area contributed by atoms with Crippen LogP contribution in [0.2, 0.25) is 0 Å². The van der Waals surface area contributed by atoms with Gasteiger partial charge in [-0.3, -0.25) is 9.59 Å². The van der Waals surface area contributed by atoms with E-state index in [1.807, 2.05) is 6.92 Å². The Morgan fingerprint density at radius 1 is 1.38 bits per heavy atom. The Morgan fingerprint density at radius 2 is 2.10 bits per heavy atom. The van der Waals surface area contributed by atoms with E-state index in [9.17, 15) is 14.4 Å². The van der Waals surface area contributed by atoms with Gasteiger partial charge in [-0.05, 0) is 26.2 Å². The Kier molecular flexibility index (Phi) is 6.98. The number of carbonyl (C=O) groups is 3. The van der Waals surface area contributed by atoms with E-state index in [4.69, 9.17) is 9.84 Å². The number of hydrogen-bond donors (Lipinski definition) is 2. The highest BCUT2D eigenvalue weighted by atomic mass is 16.5. The minimum Gasteiger partial charge on any atom is -0.481 e. The van der Waals surface area contributed by atoms with Crippen molar-refractivity contribution in [2.75, 3.05) is 19.7 Å². The molecular weight excluding hydrogens is 276 g/mol. The average Bonchev–Trinajstić information content (AvgIpc) is 2.46. The Morgan fingerprint density at radius 3 is 2.67 bits per heavy atom. The summed E-state index contributed by atoms with van der Waals surface area (Å²) in [5.41, 5.74) is 0. The van der Waals surface area contributed by atoms with Gasteiger partial charge < -0.3 is 20.1 Å². The first-order valence-corrected chi connectivity index (χ1v) is 7.41. The molecule has 0 bridgehead atoms. The van der Waals surface area contributed by atoms with E-state index in [1.54, 1.807) is 11.8 Å². The highest BCUT2D eigenvalue weighted by molar-refractivity contribution is 5.78. The second-order valence-corrected chi connectivity index (χ2v) is 5.19. The van der Waals surface area contributed by atoms with E-state index >= 15 is 0 Å². The van der Waals surface area contributed by atoms with Crippen molar-refractivity contribution in [2.45, 2.75) is 45.6 Å². The molecule has 0 aromatic rings. The average molecular weight is 300 g/mol. The van der Waals surface area contributed by atoms with Crippen molar-refractivity contribution in [1.29, 1.82) is 0 Å². The first-order chi connectivity index (χ1) is 9.97. The Bertz CT molecular complexity index is 386. The summed E-state index contributed by atoms with van der Waals surface area (Å²) in [6.45, 7) is 4.81. The molecule has 7 nitrogen and oxygen atoms in total. The van der Waals surface area contributed by atoms with Crippen LogP contribution in [0.25, 0.3) is 0 Å². The maximum atomic E-state index is 12.1. The number of rotatable bonds is 6. The molecule has 0 saturated carbocycles. The molecule has 1 saturated heterocycles. The lowest BCUT2D eigenvalue weighted by Crippen LogP contribution is -2.50. The van der Waals surface area contributed by atoms with Crippen molar-refractivity contribution in [1.82, 2.24) is 10.2 Å². The van der Waals surface area contributed by atoms with Gasteiger partial charge in [-0.2, -0.15) is 0 Å². The van der Waals surface area contributed by atoms with Crippen LogP contribution in [-0.2, 0) is 14.3 Å². The largest absolute Gasteiger partial charge is 0.481 e. The molecule has 0 spiro atoms. The number of carboxylic acids is 1. The van der Waals surface area contributed by atoms with Crippen molar-refractivity contribution in [2.24, 2.45) is 5.92 Å². The monoisotopic (exact) mass is 300 g/mol. The summed E-state index contributed by atoms with van der Waals surface area (Å²) in [6, 6.07) is -0.699. The normalized spacial score (nSPS) is 19.7. The van der Waals surface area contributed by atoms with E-state index in [-0.39, 0.29) is 24.3 Å². The minimum atomic E-state index is -0.940. The fourth-order valence-corrected chi connectivity index (χ4v) is 2.39. The van der Waals surface area contributed by atoms with Gasteiger partial charge in [-0.15, -0.1) is 0 Å². The fraction of sp³-hybridized carbons (Fsp3) is 0.786. The highest BCUT2D eigenvalue weighted by Crippen LogP contribution is 2.18. The lowest BCUT2D eigenvalue weighted by molar-refractivity contribution is -0.149. The summed E-state index contributed by atoms with van der Waals surface area (Å²) in [5, 5.41) is 11.5. The molecular formula is C14H24N2O5. The summed E-state index contributed by atoms with van der Waals surface area (Å²) >= 11 is 0. The third-order valence-electron chi connectivity index (χ3n) is 3.57. The Labute approximate surface area is 124 Å². The zero-order valence-corrected chi connectivity index (χ0v) is 12.6. The quantitative estimate of drug-likeness (QED) is 0.719. The number of nitrogens with one attached hydrogen (secondary N) is 1. The molecule has 1 fully saturated rings. The van der Waals surface area contributed by atoms with Gasteiger partial charge in [0.2, 0.25) is 0 Å². The molecule has 0 aliphatic carbocycles. The first kappa shape index (κ1) is 17.3. The van der Waals surface area contributed by atoms with Gasteiger partial charge in [-0.1, -0.05) is 6.92 Å². The van der Waals surface area contributed by atoms with Crippen molar-refractivity contribution in [3.8, 4) is 0 Å². The number of piperidine rings is 1. The number of carboxylic acid groups (broad SMARTS) is 1. The fourth-order valence-electron chi connectivity index (χ4n) is 2.39. The third-order valence-corrected chi connectivity index (χ3v) is 3.57. The van der Waals surface area contributed by atoms with Crippen LogP contribution in [0.1, 0.15) is 39.5 Å². The molecule has 0 radical (unpaired) electrons. The number of nitrogens with zero attached hydrogens (tertiary/aromatic N) is 1. The van der Waals surface area contributed by atoms with Crippen molar-refractivity contribution in [3.63, 3.8) is 0 Å². The van der Waals surface area contributed by atoms with E-state index in [0.29, 0.717) is 26.1 Å². The molecule has 1 aliphatic heterocycles. The number of amides is 2. The molecule has 21 heavy (non-hydrogen) atoms. The number of esters is 1. The van der Waals surface area contributed by atoms with Crippen LogP contribution in [0.3, 0.4) is 0 Å². The number of likely N-dealkylation sites (tertiary alicyclic amines) is 1. The van der Waals surface area contributed by atoms with Gasteiger partial charge in [0.05, 0.1) is 18.9 Å². The summed E-state index contributed by atoms with van der Waals surface area (Å²) in [5.74, 6) is -1.50. The van der Waals surface area contributed by atoms with Crippen molar-refractivity contribution < 1.29 is 24.2 Å². The van der Waals surface area contributed by atoms with E-state index in [2.05, 4.69) is 5.32 Å². The van der Waals surface area contributed by atoms with Gasteiger partial charge in [0.15, 0.2) is 0 Å². The molecule has 0 aromatic heterocycles. The van der Waals surface area contributed by atoms with Crippen LogP contribution in [0.5, 0.6) is 0 Å². The second-order valence-electron chi connectivity index (χ2n) is 5.19. The highest BCUT2D eigenvalue weighted by Gasteiger charge is 2.30. The molecule has 0 aromatic carbocycles. The van der Waals surface area contributed by atoms with Crippen molar-refractivity contribution in [3.05, 3.63) is 0 Å². The van der Waals surface area contributed by atoms with Crippen LogP contribution in [0.15, 0.2) is 0 Å². The summed E-state index contributed by atoms with van der Waals surface area (Å²) in [4.78, 5) is 36.2. The summed E-state index contributed by atoms with van der Waals surface area (Å²) in [6.07, 6.45) is 1.91. The lowest BCUT2D eigenvalue weighted by atomic mass is 9.98. The topological polar surface area (TPSA) is 95.9 Å².